The van der Waals surface area contributed by atoms with Gasteiger partial charge in [0.05, 0.1) is 6.54 Å². The normalized spacial score (nSPS) is 11.4. The third kappa shape index (κ3) is 4.58. The molecule has 0 aliphatic rings. The molecule has 0 spiro atoms. The van der Waals surface area contributed by atoms with E-state index in [1.54, 1.807) is 10.8 Å². The molecule has 33 heavy (non-hydrogen) atoms. The molecule has 3 heterocycles. The summed E-state index contributed by atoms with van der Waals surface area (Å²) in [6, 6.07) is 21.8. The van der Waals surface area contributed by atoms with E-state index in [-0.39, 0.29) is 6.61 Å². The van der Waals surface area contributed by atoms with Crippen molar-refractivity contribution in [2.24, 2.45) is 0 Å². The first-order chi connectivity index (χ1) is 16.2. The lowest BCUT2D eigenvalue weighted by Gasteiger charge is -2.11. The summed E-state index contributed by atoms with van der Waals surface area (Å²) >= 11 is 0. The van der Waals surface area contributed by atoms with Crippen molar-refractivity contribution in [3.05, 3.63) is 78.9 Å². The van der Waals surface area contributed by atoms with Crippen LogP contribution in [0.15, 0.2) is 73.1 Å². The van der Waals surface area contributed by atoms with E-state index in [1.807, 2.05) is 85.5 Å². The summed E-state index contributed by atoms with van der Waals surface area (Å²) in [5.74, 6) is 1.72. The Morgan fingerprint density at radius 2 is 1.61 bits per heavy atom. The first-order valence-electron chi connectivity index (χ1n) is 10.7. The van der Waals surface area contributed by atoms with Crippen LogP contribution in [0.2, 0.25) is 0 Å². The van der Waals surface area contributed by atoms with Crippen molar-refractivity contribution in [3.63, 3.8) is 0 Å². The maximum atomic E-state index is 6.15. The fraction of sp³-hybridized carbons (Fsp3) is 0.208. The zero-order valence-electron chi connectivity index (χ0n) is 18.5. The van der Waals surface area contributed by atoms with E-state index in [9.17, 15) is 0 Å². The molecule has 0 amide bonds. The largest absolute Gasteiger partial charge is 0.468 e. The molecule has 0 fully saturated rings. The van der Waals surface area contributed by atoms with Crippen molar-refractivity contribution < 1.29 is 4.74 Å². The molecule has 0 saturated heterocycles. The SMILES string of the molecule is CN(C)CCn1cnc(COc2nn3c(-c4ccccc4)nnc3cc2-c2ccccc2)n1. The minimum absolute atomic E-state index is 0.204. The molecular weight excluding hydrogens is 416 g/mol. The Kier molecular flexibility index (Phi) is 5.77. The van der Waals surface area contributed by atoms with Crippen LogP contribution in [0.4, 0.5) is 0 Å². The summed E-state index contributed by atoms with van der Waals surface area (Å²) in [5, 5.41) is 18.0. The third-order valence-electron chi connectivity index (χ3n) is 5.17. The van der Waals surface area contributed by atoms with Crippen LogP contribution in [0.5, 0.6) is 5.88 Å². The van der Waals surface area contributed by atoms with Crippen LogP contribution in [0.3, 0.4) is 0 Å². The maximum absolute atomic E-state index is 6.15. The molecule has 9 heteroatoms. The first-order valence-corrected chi connectivity index (χ1v) is 10.7. The highest BCUT2D eigenvalue weighted by molar-refractivity contribution is 5.72. The summed E-state index contributed by atoms with van der Waals surface area (Å²) in [4.78, 5) is 6.48. The summed E-state index contributed by atoms with van der Waals surface area (Å²) < 4.78 is 9.68. The molecular formula is C24H24N8O. The van der Waals surface area contributed by atoms with Crippen LogP contribution in [-0.4, -0.2) is 60.1 Å². The van der Waals surface area contributed by atoms with E-state index in [0.717, 1.165) is 29.8 Å². The van der Waals surface area contributed by atoms with Crippen molar-refractivity contribution in [1.82, 2.24) is 39.5 Å². The number of nitrogens with zero attached hydrogens (tertiary/aromatic N) is 8. The second kappa shape index (κ2) is 9.17. The van der Waals surface area contributed by atoms with Gasteiger partial charge in [-0.25, -0.2) is 4.98 Å². The van der Waals surface area contributed by atoms with Gasteiger partial charge in [-0.15, -0.1) is 15.3 Å². The summed E-state index contributed by atoms with van der Waals surface area (Å²) in [5.41, 5.74) is 3.39. The van der Waals surface area contributed by atoms with Gasteiger partial charge < -0.3 is 9.64 Å². The van der Waals surface area contributed by atoms with Gasteiger partial charge in [-0.2, -0.15) is 9.61 Å². The monoisotopic (exact) mass is 440 g/mol. The molecule has 0 N–H and O–H groups in total. The average Bonchev–Trinajstić information content (AvgIpc) is 3.48. The average molecular weight is 441 g/mol. The highest BCUT2D eigenvalue weighted by Gasteiger charge is 2.16. The Morgan fingerprint density at radius 1 is 0.879 bits per heavy atom. The van der Waals surface area contributed by atoms with Crippen molar-refractivity contribution in [1.29, 1.82) is 0 Å². The molecule has 0 bridgehead atoms. The van der Waals surface area contributed by atoms with Gasteiger partial charge in [0.15, 0.2) is 23.9 Å². The lowest BCUT2D eigenvalue weighted by Crippen LogP contribution is -2.18. The number of rotatable bonds is 8. The number of hydrogen-bond donors (Lipinski definition) is 0. The molecule has 0 unspecified atom stereocenters. The van der Waals surface area contributed by atoms with Crippen LogP contribution in [0, 0.1) is 0 Å². The van der Waals surface area contributed by atoms with Gasteiger partial charge in [0.2, 0.25) is 5.88 Å². The summed E-state index contributed by atoms with van der Waals surface area (Å²) in [6.45, 7) is 1.85. The van der Waals surface area contributed by atoms with Crippen molar-refractivity contribution >= 4 is 5.65 Å². The minimum atomic E-state index is 0.204. The topological polar surface area (TPSA) is 86.3 Å². The molecule has 5 aromatic rings. The number of hydrogen-bond acceptors (Lipinski definition) is 7. The van der Waals surface area contributed by atoms with Crippen LogP contribution in [-0.2, 0) is 13.2 Å². The zero-order valence-corrected chi connectivity index (χ0v) is 18.5. The number of likely N-dealkylation sites (N-methyl/N-ethyl adjacent to an activating group) is 1. The Bertz CT molecular complexity index is 1350. The third-order valence-corrected chi connectivity index (χ3v) is 5.17. The van der Waals surface area contributed by atoms with E-state index in [2.05, 4.69) is 25.2 Å². The molecule has 5 rings (SSSR count). The second-order valence-corrected chi connectivity index (χ2v) is 7.90. The highest BCUT2D eigenvalue weighted by atomic mass is 16.5. The zero-order chi connectivity index (χ0) is 22.6. The summed E-state index contributed by atoms with van der Waals surface area (Å²) in [6.07, 6.45) is 1.73. The van der Waals surface area contributed by atoms with Crippen LogP contribution in [0.1, 0.15) is 5.82 Å². The number of benzene rings is 2. The van der Waals surface area contributed by atoms with Gasteiger partial charge in [0.1, 0.15) is 6.33 Å². The predicted octanol–water partition coefficient (Wildman–Crippen LogP) is 3.19. The van der Waals surface area contributed by atoms with Gasteiger partial charge >= 0.3 is 0 Å². The van der Waals surface area contributed by atoms with E-state index in [0.29, 0.717) is 23.2 Å². The highest BCUT2D eigenvalue weighted by Crippen LogP contribution is 2.30. The van der Waals surface area contributed by atoms with Crippen LogP contribution < -0.4 is 4.74 Å². The number of aromatic nitrogens is 7. The predicted molar refractivity (Wildman–Crippen MR) is 125 cm³/mol. The molecule has 0 aliphatic carbocycles. The Labute approximate surface area is 191 Å². The standard InChI is InChI=1S/C24H24N8O/c1-30(2)13-14-31-17-25-21(28-31)16-33-24-20(18-9-5-3-6-10-18)15-22-26-27-23(32(22)29-24)19-11-7-4-8-12-19/h3-12,15,17H,13-14,16H2,1-2H3. The molecule has 0 saturated carbocycles. The molecule has 2 aromatic carbocycles. The fourth-order valence-corrected chi connectivity index (χ4v) is 3.46. The van der Waals surface area contributed by atoms with E-state index in [4.69, 9.17) is 9.84 Å². The van der Waals surface area contributed by atoms with Crippen molar-refractivity contribution in [2.45, 2.75) is 13.2 Å². The number of fused-ring (bicyclic) bond motifs is 1. The second-order valence-electron chi connectivity index (χ2n) is 7.90. The molecule has 0 radical (unpaired) electrons. The molecule has 0 aliphatic heterocycles. The molecule has 0 atom stereocenters. The van der Waals surface area contributed by atoms with Gasteiger partial charge in [0.25, 0.3) is 0 Å². The summed E-state index contributed by atoms with van der Waals surface area (Å²) in [7, 11) is 4.06. The molecule has 3 aromatic heterocycles. The molecule has 9 nitrogen and oxygen atoms in total. The first kappa shape index (κ1) is 20.8. The van der Waals surface area contributed by atoms with E-state index >= 15 is 0 Å². The van der Waals surface area contributed by atoms with Gasteiger partial charge in [0, 0.05) is 17.7 Å². The van der Waals surface area contributed by atoms with E-state index in [1.165, 1.54) is 0 Å². The van der Waals surface area contributed by atoms with Gasteiger partial charge in [-0.3, -0.25) is 4.68 Å². The van der Waals surface area contributed by atoms with E-state index < -0.39 is 0 Å². The fourth-order valence-electron chi connectivity index (χ4n) is 3.46. The Balaban J connectivity index is 1.49. The smallest absolute Gasteiger partial charge is 0.240 e. The Hall–Kier alpha value is -4.11. The molecule has 166 valence electrons. The van der Waals surface area contributed by atoms with Gasteiger partial charge in [-0.1, -0.05) is 60.7 Å². The Morgan fingerprint density at radius 3 is 2.33 bits per heavy atom. The van der Waals surface area contributed by atoms with Gasteiger partial charge in [-0.05, 0) is 25.7 Å². The quantitative estimate of drug-likeness (QED) is 0.366. The minimum Gasteiger partial charge on any atom is -0.468 e. The lowest BCUT2D eigenvalue weighted by molar-refractivity contribution is 0.280. The van der Waals surface area contributed by atoms with Crippen molar-refractivity contribution in [2.75, 3.05) is 20.6 Å². The van der Waals surface area contributed by atoms with Crippen LogP contribution in [0.25, 0.3) is 28.2 Å². The maximum Gasteiger partial charge on any atom is 0.240 e. The van der Waals surface area contributed by atoms with Crippen molar-refractivity contribution in [3.8, 4) is 28.4 Å². The number of ether oxygens (including phenoxy) is 1. The lowest BCUT2D eigenvalue weighted by atomic mass is 10.1. The van der Waals surface area contributed by atoms with Crippen LogP contribution >= 0.6 is 0 Å².